The van der Waals surface area contributed by atoms with Crippen LogP contribution in [0.4, 0.5) is 0 Å². The Balaban J connectivity index is 0.00000312. The van der Waals surface area contributed by atoms with Crippen molar-refractivity contribution < 1.29 is 9.53 Å². The average Bonchev–Trinajstić information content (AvgIpc) is 2.61. The number of benzene rings is 1. The van der Waals surface area contributed by atoms with E-state index in [1.807, 2.05) is 30.3 Å². The Morgan fingerprint density at radius 2 is 2.00 bits per heavy atom. The normalized spacial score (nSPS) is 10.0. The summed E-state index contributed by atoms with van der Waals surface area (Å²) in [6, 6.07) is 9.67. The van der Waals surface area contributed by atoms with Gasteiger partial charge in [-0.3, -0.25) is 9.59 Å². The fourth-order valence-electron chi connectivity index (χ4n) is 2.15. The number of halogens is 2. The summed E-state index contributed by atoms with van der Waals surface area (Å²) in [6.07, 6.45) is 2.33. The van der Waals surface area contributed by atoms with Crippen molar-refractivity contribution in [1.82, 2.24) is 10.3 Å². The van der Waals surface area contributed by atoms with E-state index >= 15 is 0 Å². The zero-order valence-corrected chi connectivity index (χ0v) is 16.0. The van der Waals surface area contributed by atoms with Crippen molar-refractivity contribution in [3.63, 3.8) is 0 Å². The number of nitrogens with one attached hydrogen (secondary N) is 2. The summed E-state index contributed by atoms with van der Waals surface area (Å²) in [4.78, 5) is 26.2. The van der Waals surface area contributed by atoms with Gasteiger partial charge in [-0.1, -0.05) is 30.3 Å². The van der Waals surface area contributed by atoms with Gasteiger partial charge in [-0.05, 0) is 27.9 Å². The van der Waals surface area contributed by atoms with Gasteiger partial charge in [-0.2, -0.15) is 0 Å². The Morgan fingerprint density at radius 3 is 2.68 bits per heavy atom. The van der Waals surface area contributed by atoms with Gasteiger partial charge in [-0.25, -0.2) is 0 Å². The second kappa shape index (κ2) is 10.9. The minimum absolute atomic E-state index is 0. The maximum Gasteiger partial charge on any atom is 0.266 e. The number of carbonyl (C=O) groups is 1. The predicted molar refractivity (Wildman–Crippen MR) is 103 cm³/mol. The largest absolute Gasteiger partial charge is 0.487 e. The molecule has 1 aromatic heterocycles. The summed E-state index contributed by atoms with van der Waals surface area (Å²) in [5.41, 5.74) is 6.85. The summed E-state index contributed by atoms with van der Waals surface area (Å²) < 4.78 is 6.16. The lowest BCUT2D eigenvalue weighted by molar-refractivity contribution is -0.121. The zero-order chi connectivity index (χ0) is 17.4. The van der Waals surface area contributed by atoms with E-state index in [0.29, 0.717) is 42.8 Å². The molecule has 0 aliphatic rings. The molecule has 0 aliphatic carbocycles. The third-order valence-corrected chi connectivity index (χ3v) is 4.10. The number of ether oxygens (including phenoxy) is 1. The highest BCUT2D eigenvalue weighted by Gasteiger charge is 2.13. The first-order valence-corrected chi connectivity index (χ1v) is 8.44. The number of H-pyrrole nitrogens is 1. The third-order valence-electron chi connectivity index (χ3n) is 3.38. The van der Waals surface area contributed by atoms with Crippen LogP contribution in [0.1, 0.15) is 17.5 Å². The van der Waals surface area contributed by atoms with Crippen LogP contribution in [-0.2, 0) is 17.8 Å². The SMILES string of the molecule is Cl.NCCNC(=O)CCc1c[nH]c(=O)c(Br)c1OCc1ccccc1. The molecule has 0 fully saturated rings. The quantitative estimate of drug-likeness (QED) is 0.598. The molecule has 1 heterocycles. The smallest absolute Gasteiger partial charge is 0.266 e. The van der Waals surface area contributed by atoms with Crippen LogP contribution < -0.4 is 21.3 Å². The van der Waals surface area contributed by atoms with Gasteiger partial charge in [0.15, 0.2) is 0 Å². The lowest BCUT2D eigenvalue weighted by Gasteiger charge is -2.13. The Labute approximate surface area is 160 Å². The van der Waals surface area contributed by atoms with Crippen molar-refractivity contribution in [1.29, 1.82) is 0 Å². The summed E-state index contributed by atoms with van der Waals surface area (Å²) >= 11 is 3.27. The Hall–Kier alpha value is -1.83. The monoisotopic (exact) mass is 429 g/mol. The maximum absolute atomic E-state index is 11.8. The predicted octanol–water partition coefficient (Wildman–Crippen LogP) is 2.15. The standard InChI is InChI=1S/C17H20BrN3O3.ClH/c18-15-16(24-11-12-4-2-1-3-5-12)13(10-21-17(15)23)6-7-14(22)20-9-8-19;/h1-5,10H,6-9,11,19H2,(H,20,22)(H,21,23);1H. The number of aromatic nitrogens is 1. The van der Waals surface area contributed by atoms with Crippen LogP contribution in [0.5, 0.6) is 5.75 Å². The second-order valence-electron chi connectivity index (χ2n) is 5.20. The molecule has 0 bridgehead atoms. The van der Waals surface area contributed by atoms with Crippen molar-refractivity contribution in [3.8, 4) is 5.75 Å². The summed E-state index contributed by atoms with van der Waals surface area (Å²) in [6.45, 7) is 1.20. The van der Waals surface area contributed by atoms with Gasteiger partial charge in [0.25, 0.3) is 5.56 Å². The van der Waals surface area contributed by atoms with Crippen LogP contribution in [-0.4, -0.2) is 24.0 Å². The molecule has 0 unspecified atom stereocenters. The van der Waals surface area contributed by atoms with Gasteiger partial charge < -0.3 is 20.8 Å². The van der Waals surface area contributed by atoms with Crippen LogP contribution in [0.2, 0.25) is 0 Å². The molecule has 8 heteroatoms. The van der Waals surface area contributed by atoms with Gasteiger partial charge in [0.1, 0.15) is 16.8 Å². The lowest BCUT2D eigenvalue weighted by Crippen LogP contribution is -2.29. The van der Waals surface area contributed by atoms with Gasteiger partial charge >= 0.3 is 0 Å². The molecule has 25 heavy (non-hydrogen) atoms. The summed E-state index contributed by atoms with van der Waals surface area (Å²) in [5, 5.41) is 2.72. The Morgan fingerprint density at radius 1 is 1.28 bits per heavy atom. The molecule has 0 atom stereocenters. The number of pyridine rings is 1. The lowest BCUT2D eigenvalue weighted by atomic mass is 10.1. The number of aryl methyl sites for hydroxylation is 1. The highest BCUT2D eigenvalue weighted by molar-refractivity contribution is 9.10. The van der Waals surface area contributed by atoms with E-state index in [1.165, 1.54) is 0 Å². The second-order valence-corrected chi connectivity index (χ2v) is 5.99. The number of amides is 1. The highest BCUT2D eigenvalue weighted by atomic mass is 79.9. The number of hydrogen-bond donors (Lipinski definition) is 3. The van der Waals surface area contributed by atoms with Gasteiger partial charge in [-0.15, -0.1) is 12.4 Å². The van der Waals surface area contributed by atoms with Crippen molar-refractivity contribution in [2.75, 3.05) is 13.1 Å². The third kappa shape index (κ3) is 6.53. The molecule has 0 saturated heterocycles. The number of rotatable bonds is 8. The molecule has 0 radical (unpaired) electrons. The van der Waals surface area contributed by atoms with Crippen molar-refractivity contribution in [2.24, 2.45) is 5.73 Å². The van der Waals surface area contributed by atoms with Gasteiger partial charge in [0.2, 0.25) is 5.91 Å². The van der Waals surface area contributed by atoms with E-state index < -0.39 is 0 Å². The number of aromatic amines is 1. The molecule has 1 amide bonds. The van der Waals surface area contributed by atoms with E-state index in [9.17, 15) is 9.59 Å². The molecule has 0 aliphatic heterocycles. The van der Waals surface area contributed by atoms with E-state index in [0.717, 1.165) is 11.1 Å². The number of hydrogen-bond acceptors (Lipinski definition) is 4. The molecule has 4 N–H and O–H groups in total. The molecule has 0 saturated carbocycles. The maximum atomic E-state index is 11.8. The number of carbonyl (C=O) groups excluding carboxylic acids is 1. The molecule has 6 nitrogen and oxygen atoms in total. The average molecular weight is 431 g/mol. The molecule has 1 aromatic carbocycles. The Bertz CT molecular complexity index is 738. The van der Waals surface area contributed by atoms with Crippen LogP contribution in [0.25, 0.3) is 0 Å². The minimum Gasteiger partial charge on any atom is -0.487 e. The fourth-order valence-corrected chi connectivity index (χ4v) is 2.63. The first-order chi connectivity index (χ1) is 11.6. The molecular formula is C17H21BrClN3O3. The van der Waals surface area contributed by atoms with Crippen LogP contribution in [0.3, 0.4) is 0 Å². The molecule has 0 spiro atoms. The fraction of sp³-hybridized carbons (Fsp3) is 0.294. The molecule has 2 aromatic rings. The zero-order valence-electron chi connectivity index (χ0n) is 13.6. The van der Waals surface area contributed by atoms with Gasteiger partial charge in [0, 0.05) is 31.3 Å². The van der Waals surface area contributed by atoms with Crippen LogP contribution in [0.15, 0.2) is 45.8 Å². The van der Waals surface area contributed by atoms with E-state index in [-0.39, 0.29) is 23.9 Å². The summed E-state index contributed by atoms with van der Waals surface area (Å²) in [7, 11) is 0. The first kappa shape index (κ1) is 21.2. The summed E-state index contributed by atoms with van der Waals surface area (Å²) in [5.74, 6) is 0.381. The minimum atomic E-state index is -0.269. The van der Waals surface area contributed by atoms with Crippen LogP contribution >= 0.6 is 28.3 Å². The Kier molecular flexibility index (Phi) is 9.26. The van der Waals surface area contributed by atoms with Crippen molar-refractivity contribution in [2.45, 2.75) is 19.4 Å². The van der Waals surface area contributed by atoms with Crippen LogP contribution in [0, 0.1) is 0 Å². The van der Waals surface area contributed by atoms with E-state index in [2.05, 4.69) is 26.2 Å². The number of nitrogens with two attached hydrogens (primary N) is 1. The molecular weight excluding hydrogens is 410 g/mol. The molecule has 2 rings (SSSR count). The van der Waals surface area contributed by atoms with Crippen molar-refractivity contribution in [3.05, 3.63) is 62.5 Å². The highest BCUT2D eigenvalue weighted by Crippen LogP contribution is 2.27. The van der Waals surface area contributed by atoms with E-state index in [1.54, 1.807) is 6.20 Å². The van der Waals surface area contributed by atoms with Crippen molar-refractivity contribution >= 4 is 34.2 Å². The van der Waals surface area contributed by atoms with E-state index in [4.69, 9.17) is 10.5 Å². The van der Waals surface area contributed by atoms with Gasteiger partial charge in [0.05, 0.1) is 0 Å². The first-order valence-electron chi connectivity index (χ1n) is 7.65. The molecule has 136 valence electrons. The topological polar surface area (TPSA) is 97.2 Å².